The van der Waals surface area contributed by atoms with Crippen LogP contribution in [0.2, 0.25) is 0 Å². The van der Waals surface area contributed by atoms with Crippen molar-refractivity contribution in [2.75, 3.05) is 26.5 Å². The smallest absolute Gasteiger partial charge is 0.0345 e. The summed E-state index contributed by atoms with van der Waals surface area (Å²) in [6, 6.07) is 0. The fraction of sp³-hybridized carbons (Fsp3) is 1.00. The van der Waals surface area contributed by atoms with Crippen LogP contribution in [0.15, 0.2) is 4.74 Å². The van der Waals surface area contributed by atoms with Crippen molar-refractivity contribution < 1.29 is 0 Å². The van der Waals surface area contributed by atoms with Gasteiger partial charge in [-0.3, -0.25) is 0 Å². The highest BCUT2D eigenvalue weighted by Gasteiger charge is 1.88. The first-order valence-electron chi connectivity index (χ1n) is 2.56. The molecule has 0 aliphatic carbocycles. The average molecular weight is 119 g/mol. The van der Waals surface area contributed by atoms with Gasteiger partial charge in [-0.05, 0) is 34.0 Å². The second kappa shape index (κ2) is 2.52. The van der Waals surface area contributed by atoms with Crippen molar-refractivity contribution in [3.63, 3.8) is 0 Å². The molecule has 2 heteroatoms. The van der Waals surface area contributed by atoms with Gasteiger partial charge in [-0.25, -0.2) is 0 Å². The van der Waals surface area contributed by atoms with Crippen molar-refractivity contribution in [3.05, 3.63) is 0 Å². The van der Waals surface area contributed by atoms with Crippen LogP contribution >= 0.6 is 7.05 Å². The summed E-state index contributed by atoms with van der Waals surface area (Å²) in [7, 11) is -0.791. The topological polar surface area (TPSA) is 12.4 Å². The summed E-state index contributed by atoms with van der Waals surface area (Å²) in [5.74, 6) is 0. The average Bonchev–Trinajstić information content (AvgIpc) is 1.30. The number of rotatable bonds is 1. The summed E-state index contributed by atoms with van der Waals surface area (Å²) >= 11 is 0. The zero-order valence-electron chi connectivity index (χ0n) is 5.60. The molecule has 0 aliphatic heterocycles. The summed E-state index contributed by atoms with van der Waals surface area (Å²) in [5.41, 5.74) is 0. The number of nitrogens with zero attached hydrogens (tertiary/aromatic N) is 1. The highest BCUT2D eigenvalue weighted by molar-refractivity contribution is 7.64. The lowest BCUT2D eigenvalue weighted by molar-refractivity contribution is 1.15. The van der Waals surface area contributed by atoms with Gasteiger partial charge in [0.05, 0.1) is 0 Å². The normalized spacial score (nSPS) is 11.4. The minimum absolute atomic E-state index is 0.791. The van der Waals surface area contributed by atoms with Gasteiger partial charge in [-0.2, -0.15) is 0 Å². The molecule has 0 fully saturated rings. The molecule has 0 bridgehead atoms. The van der Waals surface area contributed by atoms with Gasteiger partial charge < -0.3 is 4.74 Å². The van der Waals surface area contributed by atoms with E-state index in [0.29, 0.717) is 0 Å². The summed E-state index contributed by atoms with van der Waals surface area (Å²) < 4.78 is 4.37. The zero-order valence-corrected chi connectivity index (χ0v) is 6.50. The van der Waals surface area contributed by atoms with E-state index < -0.39 is 7.05 Å². The van der Waals surface area contributed by atoms with Crippen molar-refractivity contribution >= 4 is 7.05 Å². The minimum Gasteiger partial charge on any atom is -0.304 e. The molecule has 0 aromatic heterocycles. The Morgan fingerprint density at radius 3 is 1.71 bits per heavy atom. The van der Waals surface area contributed by atoms with Crippen molar-refractivity contribution in [1.82, 2.24) is 0 Å². The van der Waals surface area contributed by atoms with Gasteiger partial charge in [-0.15, -0.1) is 0 Å². The summed E-state index contributed by atoms with van der Waals surface area (Å²) in [6.07, 6.45) is 0. The van der Waals surface area contributed by atoms with Gasteiger partial charge in [0.1, 0.15) is 0 Å². The molecule has 0 radical (unpaired) electrons. The molecular formula is C5H14NP. The molecule has 0 heterocycles. The monoisotopic (exact) mass is 119 g/mol. The molecule has 0 N–H and O–H groups in total. The Bertz CT molecular complexity index is 82.0. The highest BCUT2D eigenvalue weighted by Crippen LogP contribution is 2.34. The van der Waals surface area contributed by atoms with E-state index in [2.05, 4.69) is 31.7 Å². The van der Waals surface area contributed by atoms with Crippen LogP contribution in [-0.2, 0) is 0 Å². The van der Waals surface area contributed by atoms with Gasteiger partial charge in [0.25, 0.3) is 0 Å². The standard InChI is InChI=1S/C5H14NP/c1-5-6-7(2,3)4/h5H2,1-4H3. The van der Waals surface area contributed by atoms with Crippen LogP contribution in [0.5, 0.6) is 0 Å². The Morgan fingerprint density at radius 2 is 1.71 bits per heavy atom. The van der Waals surface area contributed by atoms with Crippen LogP contribution < -0.4 is 0 Å². The molecule has 0 saturated carbocycles. The predicted octanol–water partition coefficient (Wildman–Crippen LogP) is 2.10. The first-order valence-corrected chi connectivity index (χ1v) is 5.65. The third-order valence-corrected chi connectivity index (χ3v) is 1.70. The highest BCUT2D eigenvalue weighted by atomic mass is 31.2. The van der Waals surface area contributed by atoms with Gasteiger partial charge in [0, 0.05) is 6.54 Å². The van der Waals surface area contributed by atoms with Crippen LogP contribution in [0.1, 0.15) is 6.92 Å². The molecular weight excluding hydrogens is 105 g/mol. The van der Waals surface area contributed by atoms with Gasteiger partial charge >= 0.3 is 0 Å². The van der Waals surface area contributed by atoms with Crippen molar-refractivity contribution in [3.8, 4) is 0 Å². The molecule has 0 aromatic carbocycles. The molecule has 0 atom stereocenters. The lowest BCUT2D eigenvalue weighted by Crippen LogP contribution is -1.71. The van der Waals surface area contributed by atoms with E-state index in [1.807, 2.05) is 0 Å². The quantitative estimate of drug-likeness (QED) is 0.469. The van der Waals surface area contributed by atoms with Crippen LogP contribution in [0.3, 0.4) is 0 Å². The lowest BCUT2D eigenvalue weighted by atomic mass is 10.8. The second-order valence-electron chi connectivity index (χ2n) is 2.40. The fourth-order valence-electron chi connectivity index (χ4n) is 0.424. The Balaban J connectivity index is 3.73. The van der Waals surface area contributed by atoms with E-state index in [-0.39, 0.29) is 0 Å². The Kier molecular flexibility index (Phi) is 2.60. The number of hydrogen-bond donors (Lipinski definition) is 0. The predicted molar refractivity (Wildman–Crippen MR) is 37.7 cm³/mol. The molecule has 44 valence electrons. The van der Waals surface area contributed by atoms with E-state index in [1.54, 1.807) is 0 Å². The Morgan fingerprint density at radius 1 is 1.29 bits per heavy atom. The molecule has 0 aliphatic rings. The largest absolute Gasteiger partial charge is 0.304 e. The van der Waals surface area contributed by atoms with E-state index in [1.165, 1.54) is 0 Å². The van der Waals surface area contributed by atoms with Crippen LogP contribution in [-0.4, -0.2) is 26.5 Å². The fourth-order valence-corrected chi connectivity index (χ4v) is 1.27. The second-order valence-corrected chi connectivity index (χ2v) is 6.57. The van der Waals surface area contributed by atoms with Crippen LogP contribution in [0.4, 0.5) is 0 Å². The maximum atomic E-state index is 4.37. The molecule has 0 aromatic rings. The Hall–Kier alpha value is 0.230. The molecule has 0 spiro atoms. The van der Waals surface area contributed by atoms with Gasteiger partial charge in [-0.1, -0.05) is 0 Å². The SMILES string of the molecule is CCN=P(C)(C)C. The van der Waals surface area contributed by atoms with E-state index in [9.17, 15) is 0 Å². The molecule has 0 saturated heterocycles. The first-order chi connectivity index (χ1) is 3.06. The minimum atomic E-state index is -0.791. The third-order valence-electron chi connectivity index (χ3n) is 0.566. The lowest BCUT2D eigenvalue weighted by Gasteiger charge is -2.01. The maximum absolute atomic E-state index is 4.37. The van der Waals surface area contributed by atoms with Crippen molar-refractivity contribution in [2.45, 2.75) is 6.92 Å². The Labute approximate surface area is 46.2 Å². The summed E-state index contributed by atoms with van der Waals surface area (Å²) in [5, 5.41) is 0. The van der Waals surface area contributed by atoms with Gasteiger partial charge in [0.15, 0.2) is 0 Å². The third kappa shape index (κ3) is 6.23. The number of hydrogen-bond acceptors (Lipinski definition) is 1. The maximum Gasteiger partial charge on any atom is 0.0345 e. The zero-order chi connectivity index (χ0) is 5.91. The van der Waals surface area contributed by atoms with E-state index >= 15 is 0 Å². The molecule has 0 unspecified atom stereocenters. The molecule has 1 nitrogen and oxygen atoms in total. The summed E-state index contributed by atoms with van der Waals surface area (Å²) in [6.45, 7) is 9.73. The van der Waals surface area contributed by atoms with E-state index in [0.717, 1.165) is 6.54 Å². The van der Waals surface area contributed by atoms with Crippen molar-refractivity contribution in [1.29, 1.82) is 0 Å². The molecule has 7 heavy (non-hydrogen) atoms. The molecule has 0 amide bonds. The van der Waals surface area contributed by atoms with Gasteiger partial charge in [0.2, 0.25) is 0 Å². The van der Waals surface area contributed by atoms with Crippen LogP contribution in [0.25, 0.3) is 0 Å². The van der Waals surface area contributed by atoms with E-state index in [4.69, 9.17) is 0 Å². The summed E-state index contributed by atoms with van der Waals surface area (Å²) in [4.78, 5) is 0. The molecule has 0 rings (SSSR count). The first kappa shape index (κ1) is 7.23. The van der Waals surface area contributed by atoms with Crippen molar-refractivity contribution in [2.24, 2.45) is 4.74 Å². The van der Waals surface area contributed by atoms with Crippen LogP contribution in [0, 0.1) is 0 Å².